The lowest BCUT2D eigenvalue weighted by molar-refractivity contribution is -0.138. The molecule has 1 saturated heterocycles. The minimum Gasteiger partial charge on any atom is -0.467 e. The maximum Gasteiger partial charge on any atom is 0.249 e. The molecule has 3 rings (SSSR count). The molecule has 1 aromatic heterocycles. The van der Waals surface area contributed by atoms with Crippen molar-refractivity contribution in [3.63, 3.8) is 0 Å². The molecular formula is C20H25NO4. The van der Waals surface area contributed by atoms with Crippen molar-refractivity contribution >= 4 is 5.91 Å². The van der Waals surface area contributed by atoms with Gasteiger partial charge in [0.1, 0.15) is 12.4 Å². The van der Waals surface area contributed by atoms with Gasteiger partial charge in [0, 0.05) is 13.2 Å². The Hall–Kier alpha value is -2.11. The van der Waals surface area contributed by atoms with E-state index in [1.165, 1.54) is 5.56 Å². The van der Waals surface area contributed by atoms with Crippen LogP contribution < -0.4 is 0 Å². The third kappa shape index (κ3) is 5.73. The quantitative estimate of drug-likeness (QED) is 0.657. The Bertz CT molecular complexity index is 620. The van der Waals surface area contributed by atoms with Crippen LogP contribution in [0.2, 0.25) is 0 Å². The molecule has 0 aliphatic carbocycles. The van der Waals surface area contributed by atoms with Gasteiger partial charge >= 0.3 is 0 Å². The van der Waals surface area contributed by atoms with Crippen LogP contribution in [-0.4, -0.2) is 43.3 Å². The highest BCUT2D eigenvalue weighted by Crippen LogP contribution is 2.15. The van der Waals surface area contributed by atoms with Crippen LogP contribution in [-0.2, 0) is 27.2 Å². The van der Waals surface area contributed by atoms with E-state index in [1.807, 2.05) is 30.3 Å². The number of carbonyl (C=O) groups excluding carboxylic acids is 1. The molecule has 25 heavy (non-hydrogen) atoms. The SMILES string of the molecule is O=C(COCCc1ccccc1)N(Cc1ccco1)CC1CCCO1. The van der Waals surface area contributed by atoms with E-state index in [0.29, 0.717) is 19.7 Å². The van der Waals surface area contributed by atoms with Crippen molar-refractivity contribution in [1.29, 1.82) is 0 Å². The Morgan fingerprint density at radius 3 is 2.80 bits per heavy atom. The molecule has 2 heterocycles. The molecule has 1 atom stereocenters. The van der Waals surface area contributed by atoms with Gasteiger partial charge in [0.25, 0.3) is 0 Å². The number of carbonyl (C=O) groups is 1. The second-order valence-corrected chi connectivity index (χ2v) is 6.28. The zero-order chi connectivity index (χ0) is 17.3. The van der Waals surface area contributed by atoms with Gasteiger partial charge in [0.15, 0.2) is 0 Å². The maximum atomic E-state index is 12.6. The molecule has 0 radical (unpaired) electrons. The van der Waals surface area contributed by atoms with Crippen molar-refractivity contribution < 1.29 is 18.7 Å². The van der Waals surface area contributed by atoms with Gasteiger partial charge in [-0.05, 0) is 37.0 Å². The summed E-state index contributed by atoms with van der Waals surface area (Å²) in [5.74, 6) is 0.746. The standard InChI is InChI=1S/C20H25NO4/c22-20(16-23-13-10-17-6-2-1-3-7-17)21(14-18-8-4-11-24-18)15-19-9-5-12-25-19/h1-4,6-8,11,19H,5,9-10,12-16H2. The molecule has 0 N–H and O–H groups in total. The van der Waals surface area contributed by atoms with Crippen molar-refractivity contribution in [3.8, 4) is 0 Å². The summed E-state index contributed by atoms with van der Waals surface area (Å²) < 4.78 is 16.7. The fourth-order valence-electron chi connectivity index (χ4n) is 2.96. The number of ether oxygens (including phenoxy) is 2. The first kappa shape index (κ1) is 17.7. The number of hydrogen-bond donors (Lipinski definition) is 0. The summed E-state index contributed by atoms with van der Waals surface area (Å²) in [6, 6.07) is 13.8. The topological polar surface area (TPSA) is 51.9 Å². The van der Waals surface area contributed by atoms with Crippen LogP contribution in [0.5, 0.6) is 0 Å². The van der Waals surface area contributed by atoms with E-state index in [0.717, 1.165) is 31.6 Å². The molecule has 1 fully saturated rings. The van der Waals surface area contributed by atoms with E-state index < -0.39 is 0 Å². The number of rotatable bonds is 9. The molecule has 1 amide bonds. The molecule has 1 aliphatic heterocycles. The molecule has 2 aromatic rings. The van der Waals surface area contributed by atoms with Gasteiger partial charge in [-0.3, -0.25) is 4.79 Å². The Kier molecular flexibility index (Phi) is 6.65. The summed E-state index contributed by atoms with van der Waals surface area (Å²) in [6.07, 6.45) is 4.60. The zero-order valence-corrected chi connectivity index (χ0v) is 14.4. The minimum absolute atomic E-state index is 0.0278. The highest BCUT2D eigenvalue weighted by molar-refractivity contribution is 5.77. The van der Waals surface area contributed by atoms with Gasteiger partial charge in [-0.15, -0.1) is 0 Å². The largest absolute Gasteiger partial charge is 0.467 e. The predicted molar refractivity (Wildman–Crippen MR) is 94.1 cm³/mol. The monoisotopic (exact) mass is 343 g/mol. The normalized spacial score (nSPS) is 16.9. The Labute approximate surface area is 148 Å². The third-order valence-electron chi connectivity index (χ3n) is 4.33. The summed E-state index contributed by atoms with van der Waals surface area (Å²) >= 11 is 0. The summed E-state index contributed by atoms with van der Waals surface area (Å²) in [5, 5.41) is 0. The first-order chi connectivity index (χ1) is 12.3. The third-order valence-corrected chi connectivity index (χ3v) is 4.33. The Morgan fingerprint density at radius 1 is 1.20 bits per heavy atom. The molecule has 1 aromatic carbocycles. The molecule has 0 spiro atoms. The van der Waals surface area contributed by atoms with E-state index in [1.54, 1.807) is 11.2 Å². The van der Waals surface area contributed by atoms with Gasteiger partial charge < -0.3 is 18.8 Å². The summed E-state index contributed by atoms with van der Waals surface area (Å²) in [6.45, 7) is 2.43. The molecular weight excluding hydrogens is 318 g/mol. The number of benzene rings is 1. The van der Waals surface area contributed by atoms with E-state index >= 15 is 0 Å². The number of furan rings is 1. The molecule has 0 bridgehead atoms. The van der Waals surface area contributed by atoms with Crippen molar-refractivity contribution in [2.24, 2.45) is 0 Å². The molecule has 1 aliphatic rings. The first-order valence-corrected chi connectivity index (χ1v) is 8.84. The second kappa shape index (κ2) is 9.39. The smallest absolute Gasteiger partial charge is 0.249 e. The number of hydrogen-bond acceptors (Lipinski definition) is 4. The highest BCUT2D eigenvalue weighted by atomic mass is 16.5. The van der Waals surface area contributed by atoms with E-state index in [-0.39, 0.29) is 18.6 Å². The molecule has 5 heteroatoms. The van der Waals surface area contributed by atoms with Crippen LogP contribution in [0, 0.1) is 0 Å². The lowest BCUT2D eigenvalue weighted by atomic mass is 10.2. The van der Waals surface area contributed by atoms with Crippen LogP contribution in [0.1, 0.15) is 24.2 Å². The zero-order valence-electron chi connectivity index (χ0n) is 14.4. The Morgan fingerprint density at radius 2 is 2.08 bits per heavy atom. The molecule has 5 nitrogen and oxygen atoms in total. The first-order valence-electron chi connectivity index (χ1n) is 8.84. The van der Waals surface area contributed by atoms with Gasteiger partial charge in [0.05, 0.1) is 25.5 Å². The predicted octanol–water partition coefficient (Wildman–Crippen LogP) is 3.05. The highest BCUT2D eigenvalue weighted by Gasteiger charge is 2.23. The van der Waals surface area contributed by atoms with Gasteiger partial charge in [-0.25, -0.2) is 0 Å². The lowest BCUT2D eigenvalue weighted by Crippen LogP contribution is -2.39. The molecule has 1 unspecified atom stereocenters. The number of nitrogens with zero attached hydrogens (tertiary/aromatic N) is 1. The van der Waals surface area contributed by atoms with Crippen LogP contribution in [0.15, 0.2) is 53.1 Å². The summed E-state index contributed by atoms with van der Waals surface area (Å²) in [4.78, 5) is 14.3. The molecule has 134 valence electrons. The maximum absolute atomic E-state index is 12.6. The van der Waals surface area contributed by atoms with Gasteiger partial charge in [-0.1, -0.05) is 30.3 Å². The average molecular weight is 343 g/mol. The van der Waals surface area contributed by atoms with Crippen molar-refractivity contribution in [1.82, 2.24) is 4.90 Å². The second-order valence-electron chi connectivity index (χ2n) is 6.28. The van der Waals surface area contributed by atoms with Gasteiger partial charge in [0.2, 0.25) is 5.91 Å². The molecule has 0 saturated carbocycles. The Balaban J connectivity index is 1.47. The van der Waals surface area contributed by atoms with Crippen molar-refractivity contribution in [3.05, 3.63) is 60.1 Å². The lowest BCUT2D eigenvalue weighted by Gasteiger charge is -2.24. The van der Waals surface area contributed by atoms with Crippen LogP contribution in [0.3, 0.4) is 0 Å². The fourth-order valence-corrected chi connectivity index (χ4v) is 2.96. The van der Waals surface area contributed by atoms with Crippen LogP contribution in [0.25, 0.3) is 0 Å². The van der Waals surface area contributed by atoms with E-state index in [2.05, 4.69) is 12.1 Å². The minimum atomic E-state index is -0.0278. The van der Waals surface area contributed by atoms with E-state index in [9.17, 15) is 4.79 Å². The van der Waals surface area contributed by atoms with E-state index in [4.69, 9.17) is 13.9 Å². The summed E-state index contributed by atoms with van der Waals surface area (Å²) in [7, 11) is 0. The van der Waals surface area contributed by atoms with Gasteiger partial charge in [-0.2, -0.15) is 0 Å². The van der Waals surface area contributed by atoms with Crippen LogP contribution >= 0.6 is 0 Å². The van der Waals surface area contributed by atoms with Crippen molar-refractivity contribution in [2.75, 3.05) is 26.4 Å². The average Bonchev–Trinajstić information content (AvgIpc) is 3.33. The fraction of sp³-hybridized carbons (Fsp3) is 0.450. The van der Waals surface area contributed by atoms with Crippen LogP contribution in [0.4, 0.5) is 0 Å². The number of amides is 1. The van der Waals surface area contributed by atoms with Crippen molar-refractivity contribution in [2.45, 2.75) is 31.9 Å². The summed E-state index contributed by atoms with van der Waals surface area (Å²) in [5.41, 5.74) is 1.21.